The van der Waals surface area contributed by atoms with E-state index in [1.54, 1.807) is 17.2 Å². The Morgan fingerprint density at radius 3 is 2.93 bits per heavy atom. The molecule has 0 N–H and O–H groups in total. The van der Waals surface area contributed by atoms with Gasteiger partial charge in [0.15, 0.2) is 0 Å². The average Bonchev–Trinajstić information content (AvgIpc) is 2.67. The first kappa shape index (κ1) is 10.7. The molecule has 2 heterocycles. The number of amides is 1. The number of carbonyl (C=O) groups excluding carboxylic acids is 1. The molecule has 5 heteroatoms. The maximum atomic E-state index is 11.1. The van der Waals surface area contributed by atoms with Crippen LogP contribution < -0.4 is 0 Å². The number of hydrogen-bond acceptors (Lipinski definition) is 2. The lowest BCUT2D eigenvalue weighted by Gasteiger charge is -2.21. The summed E-state index contributed by atoms with van der Waals surface area (Å²) < 4.78 is 0. The molecule has 0 saturated carbocycles. The Kier molecular flexibility index (Phi) is 3.12. The van der Waals surface area contributed by atoms with Crippen molar-refractivity contribution >= 4 is 28.6 Å². The van der Waals surface area contributed by atoms with Crippen molar-refractivity contribution in [1.29, 1.82) is 0 Å². The van der Waals surface area contributed by atoms with E-state index in [0.717, 1.165) is 24.9 Å². The van der Waals surface area contributed by atoms with E-state index in [1.807, 2.05) is 6.07 Å². The van der Waals surface area contributed by atoms with Crippen LogP contribution in [-0.2, 0) is 0 Å². The summed E-state index contributed by atoms with van der Waals surface area (Å²) in [5.74, 6) is 0. The van der Waals surface area contributed by atoms with E-state index in [0.29, 0.717) is 5.15 Å². The molecule has 0 unspecified atom stereocenters. The van der Waals surface area contributed by atoms with Crippen LogP contribution in [0.5, 0.6) is 0 Å². The smallest absolute Gasteiger partial charge is 0.316 e. The van der Waals surface area contributed by atoms with E-state index in [9.17, 15) is 4.79 Å². The lowest BCUT2D eigenvalue weighted by Crippen LogP contribution is -2.25. The predicted molar refractivity (Wildman–Crippen MR) is 59.2 cm³/mol. The third kappa shape index (κ3) is 2.24. The zero-order chi connectivity index (χ0) is 10.8. The van der Waals surface area contributed by atoms with Gasteiger partial charge in [-0.3, -0.25) is 4.79 Å². The van der Waals surface area contributed by atoms with Gasteiger partial charge >= 0.3 is 5.37 Å². The third-order valence-electron chi connectivity index (χ3n) is 2.61. The summed E-state index contributed by atoms with van der Waals surface area (Å²) in [6.45, 7) is 0.718. The van der Waals surface area contributed by atoms with Crippen molar-refractivity contribution in [2.24, 2.45) is 0 Å². The molecule has 0 bridgehead atoms. The van der Waals surface area contributed by atoms with E-state index < -0.39 is 5.37 Å². The molecule has 1 aromatic heterocycles. The molecule has 0 aromatic carbocycles. The van der Waals surface area contributed by atoms with Crippen molar-refractivity contribution < 1.29 is 4.79 Å². The van der Waals surface area contributed by atoms with Crippen molar-refractivity contribution in [2.75, 3.05) is 6.54 Å². The maximum absolute atomic E-state index is 11.1. The quantitative estimate of drug-likeness (QED) is 0.432. The minimum atomic E-state index is -0.396. The highest BCUT2D eigenvalue weighted by Crippen LogP contribution is 2.32. The summed E-state index contributed by atoms with van der Waals surface area (Å²) in [5, 5.41) is 0.0629. The van der Waals surface area contributed by atoms with Gasteiger partial charge in [0.2, 0.25) is 0 Å². The number of carbonyl (C=O) groups is 1. The van der Waals surface area contributed by atoms with Gasteiger partial charge in [0.25, 0.3) is 0 Å². The Morgan fingerprint density at radius 1 is 1.53 bits per heavy atom. The van der Waals surface area contributed by atoms with E-state index in [1.165, 1.54) is 0 Å². The number of rotatable bonds is 1. The highest BCUT2D eigenvalue weighted by atomic mass is 35.5. The van der Waals surface area contributed by atoms with Gasteiger partial charge in [-0.05, 0) is 36.1 Å². The summed E-state index contributed by atoms with van der Waals surface area (Å²) in [5.41, 5.74) is 0.992. The molecular weight excluding hydrogens is 235 g/mol. The Balaban J connectivity index is 2.22. The van der Waals surface area contributed by atoms with Gasteiger partial charge < -0.3 is 4.90 Å². The fraction of sp³-hybridized carbons (Fsp3) is 0.400. The van der Waals surface area contributed by atoms with Gasteiger partial charge in [0.05, 0.1) is 6.04 Å². The highest BCUT2D eigenvalue weighted by molar-refractivity contribution is 6.62. The van der Waals surface area contributed by atoms with Crippen LogP contribution in [0.1, 0.15) is 24.4 Å². The fourth-order valence-corrected chi connectivity index (χ4v) is 2.22. The van der Waals surface area contributed by atoms with Crippen LogP contribution in [0.15, 0.2) is 18.3 Å². The first-order valence-electron chi connectivity index (χ1n) is 4.76. The Bertz CT molecular complexity index is 366. The van der Waals surface area contributed by atoms with Gasteiger partial charge in [-0.2, -0.15) is 0 Å². The molecule has 0 aliphatic carbocycles. The normalized spacial score (nSPS) is 20.7. The van der Waals surface area contributed by atoms with E-state index in [-0.39, 0.29) is 6.04 Å². The number of aromatic nitrogens is 1. The van der Waals surface area contributed by atoms with Crippen LogP contribution in [0.4, 0.5) is 4.79 Å². The molecule has 15 heavy (non-hydrogen) atoms. The summed E-state index contributed by atoms with van der Waals surface area (Å²) in [6.07, 6.45) is 3.61. The lowest BCUT2D eigenvalue weighted by molar-refractivity contribution is 0.217. The average molecular weight is 245 g/mol. The van der Waals surface area contributed by atoms with Gasteiger partial charge in [0, 0.05) is 12.7 Å². The van der Waals surface area contributed by atoms with Crippen molar-refractivity contribution in [1.82, 2.24) is 9.88 Å². The molecule has 2 rings (SSSR count). The third-order valence-corrected chi connectivity index (χ3v) is 3.05. The Labute approximate surface area is 98.0 Å². The van der Waals surface area contributed by atoms with Gasteiger partial charge in [-0.15, -0.1) is 0 Å². The van der Waals surface area contributed by atoms with Crippen LogP contribution in [0.2, 0.25) is 5.15 Å². The second-order valence-corrected chi connectivity index (χ2v) is 4.23. The number of pyridine rings is 1. The minimum absolute atomic E-state index is 0.0553. The summed E-state index contributed by atoms with van der Waals surface area (Å²) in [6, 6.07) is 3.67. The van der Waals surface area contributed by atoms with E-state index in [2.05, 4.69) is 4.98 Å². The molecule has 1 aromatic rings. The first-order valence-corrected chi connectivity index (χ1v) is 5.51. The monoisotopic (exact) mass is 244 g/mol. The SMILES string of the molecule is O=C(Cl)N1CCC[C@H]1c1ccc(Cl)nc1. The summed E-state index contributed by atoms with van der Waals surface area (Å²) >= 11 is 11.2. The maximum Gasteiger partial charge on any atom is 0.316 e. The van der Waals surface area contributed by atoms with Crippen molar-refractivity contribution in [2.45, 2.75) is 18.9 Å². The molecule has 1 atom stereocenters. The van der Waals surface area contributed by atoms with Gasteiger partial charge in [-0.25, -0.2) is 4.98 Å². The molecular formula is C10H10Cl2N2O. The lowest BCUT2D eigenvalue weighted by atomic mass is 10.1. The standard InChI is InChI=1S/C10H10Cl2N2O/c11-9-4-3-7(6-13-9)8-2-1-5-14(8)10(12)15/h3-4,6,8H,1-2,5H2/t8-/m0/s1. The minimum Gasteiger partial charge on any atom is -0.322 e. The Hall–Kier alpha value is -0.800. The van der Waals surface area contributed by atoms with Crippen LogP contribution in [0.3, 0.4) is 0 Å². The van der Waals surface area contributed by atoms with Crippen LogP contribution in [-0.4, -0.2) is 21.8 Å². The van der Waals surface area contributed by atoms with E-state index in [4.69, 9.17) is 23.2 Å². The fourth-order valence-electron chi connectivity index (χ4n) is 1.91. The molecule has 80 valence electrons. The topological polar surface area (TPSA) is 33.2 Å². The number of halogens is 2. The number of hydrogen-bond donors (Lipinski definition) is 0. The van der Waals surface area contributed by atoms with Gasteiger partial charge in [-0.1, -0.05) is 17.7 Å². The highest BCUT2D eigenvalue weighted by Gasteiger charge is 2.28. The molecule has 1 amide bonds. The first-order chi connectivity index (χ1) is 7.18. The molecule has 1 fully saturated rings. The zero-order valence-electron chi connectivity index (χ0n) is 7.99. The Morgan fingerprint density at radius 2 is 2.33 bits per heavy atom. The van der Waals surface area contributed by atoms with Crippen LogP contribution in [0.25, 0.3) is 0 Å². The number of likely N-dealkylation sites (tertiary alicyclic amines) is 1. The summed E-state index contributed by atoms with van der Waals surface area (Å²) in [4.78, 5) is 16.8. The van der Waals surface area contributed by atoms with Crippen molar-refractivity contribution in [3.8, 4) is 0 Å². The second-order valence-electron chi connectivity index (χ2n) is 3.52. The van der Waals surface area contributed by atoms with Crippen molar-refractivity contribution in [3.63, 3.8) is 0 Å². The van der Waals surface area contributed by atoms with E-state index >= 15 is 0 Å². The summed E-state index contributed by atoms with van der Waals surface area (Å²) in [7, 11) is 0. The van der Waals surface area contributed by atoms with Crippen LogP contribution >= 0.6 is 23.2 Å². The molecule has 1 saturated heterocycles. The second kappa shape index (κ2) is 4.37. The zero-order valence-corrected chi connectivity index (χ0v) is 9.50. The molecule has 1 aliphatic heterocycles. The molecule has 0 spiro atoms. The predicted octanol–water partition coefficient (Wildman–Crippen LogP) is 3.23. The number of nitrogens with zero attached hydrogens (tertiary/aromatic N) is 2. The molecule has 1 aliphatic rings. The van der Waals surface area contributed by atoms with Crippen LogP contribution in [0, 0.1) is 0 Å². The largest absolute Gasteiger partial charge is 0.322 e. The molecule has 3 nitrogen and oxygen atoms in total. The van der Waals surface area contributed by atoms with Gasteiger partial charge in [0.1, 0.15) is 5.15 Å². The molecule has 0 radical (unpaired) electrons. The van der Waals surface area contributed by atoms with Crippen molar-refractivity contribution in [3.05, 3.63) is 29.0 Å².